The first-order valence-electron chi connectivity index (χ1n) is 13.9. The molecule has 0 heterocycles. The molecule has 0 bridgehead atoms. The topological polar surface area (TPSA) is 125 Å². The Balaban J connectivity index is 1.34. The number of nitrogens with one attached hydrogen (secondary N) is 3. The van der Waals surface area contributed by atoms with Crippen molar-refractivity contribution in [1.29, 1.82) is 0 Å². The zero-order valence-electron chi connectivity index (χ0n) is 23.0. The summed E-state index contributed by atoms with van der Waals surface area (Å²) < 4.78 is 0. The van der Waals surface area contributed by atoms with Crippen LogP contribution in [0, 0.1) is 5.41 Å². The summed E-state index contributed by atoms with van der Waals surface area (Å²) in [6.07, 6.45) is 3.79. The SMILES string of the molecule is O=C(Cc1ccccc1)NCCC1(C(=O)N[C@@H](Cc2ccc(NC(=O)c3c(Cl)cccc3Cl)cc2)C(=O)O)CCCC1. The predicted octanol–water partition coefficient (Wildman–Crippen LogP) is 5.67. The van der Waals surface area contributed by atoms with Crippen LogP contribution in [0.2, 0.25) is 10.0 Å². The lowest BCUT2D eigenvalue weighted by molar-refractivity contribution is -0.144. The highest BCUT2D eigenvalue weighted by molar-refractivity contribution is 6.40. The van der Waals surface area contributed by atoms with Crippen molar-refractivity contribution in [2.45, 2.75) is 51.0 Å². The standard InChI is InChI=1S/C32H33Cl2N3O5/c33-24-9-6-10-25(34)28(24)29(39)36-23-13-11-22(12-14-23)19-26(30(40)41)37-31(42)32(15-4-5-16-32)17-18-35-27(38)20-21-7-2-1-3-8-21/h1-3,6-14,26H,4-5,15-20H2,(H,35,38)(H,36,39)(H,37,42)(H,40,41)/t26-/m0/s1. The monoisotopic (exact) mass is 609 g/mol. The van der Waals surface area contributed by atoms with E-state index in [1.54, 1.807) is 42.5 Å². The molecule has 1 saturated carbocycles. The number of carbonyl (C=O) groups is 4. The van der Waals surface area contributed by atoms with Gasteiger partial charge in [-0.15, -0.1) is 0 Å². The van der Waals surface area contributed by atoms with E-state index in [-0.39, 0.29) is 40.3 Å². The highest BCUT2D eigenvalue weighted by atomic mass is 35.5. The molecule has 1 aliphatic rings. The van der Waals surface area contributed by atoms with Crippen molar-refractivity contribution >= 4 is 52.6 Å². The molecule has 220 valence electrons. The summed E-state index contributed by atoms with van der Waals surface area (Å²) in [5, 5.41) is 18.8. The van der Waals surface area contributed by atoms with Crippen LogP contribution >= 0.6 is 23.2 Å². The normalized spacial score (nSPS) is 14.5. The van der Waals surface area contributed by atoms with Gasteiger partial charge in [-0.2, -0.15) is 0 Å². The Labute approximate surface area is 254 Å². The fourth-order valence-electron chi connectivity index (χ4n) is 5.31. The molecule has 1 atom stereocenters. The first kappa shape index (κ1) is 31.1. The van der Waals surface area contributed by atoms with E-state index in [2.05, 4.69) is 16.0 Å². The second kappa shape index (κ2) is 14.3. The summed E-state index contributed by atoms with van der Waals surface area (Å²) in [5.41, 5.74) is 1.50. The molecular formula is C32H33Cl2N3O5. The fourth-order valence-corrected chi connectivity index (χ4v) is 5.88. The van der Waals surface area contributed by atoms with Crippen molar-refractivity contribution < 1.29 is 24.3 Å². The Kier molecular flexibility index (Phi) is 10.6. The minimum Gasteiger partial charge on any atom is -0.480 e. The first-order chi connectivity index (χ1) is 20.2. The number of hydrogen-bond donors (Lipinski definition) is 4. The maximum Gasteiger partial charge on any atom is 0.326 e. The zero-order valence-corrected chi connectivity index (χ0v) is 24.5. The molecule has 10 heteroatoms. The molecule has 4 rings (SSSR count). The van der Waals surface area contributed by atoms with E-state index in [4.69, 9.17) is 23.2 Å². The molecule has 0 aliphatic heterocycles. The van der Waals surface area contributed by atoms with Gasteiger partial charge in [0.2, 0.25) is 11.8 Å². The van der Waals surface area contributed by atoms with Crippen LogP contribution < -0.4 is 16.0 Å². The molecule has 3 aromatic rings. The van der Waals surface area contributed by atoms with Crippen LogP contribution in [0.25, 0.3) is 0 Å². The van der Waals surface area contributed by atoms with Crippen LogP contribution in [0.1, 0.15) is 53.6 Å². The molecule has 0 unspecified atom stereocenters. The van der Waals surface area contributed by atoms with Crippen molar-refractivity contribution in [3.05, 3.63) is 99.5 Å². The first-order valence-corrected chi connectivity index (χ1v) is 14.6. The molecule has 1 fully saturated rings. The van der Waals surface area contributed by atoms with Gasteiger partial charge in [-0.25, -0.2) is 4.79 Å². The van der Waals surface area contributed by atoms with Gasteiger partial charge >= 0.3 is 5.97 Å². The van der Waals surface area contributed by atoms with Gasteiger partial charge in [0.1, 0.15) is 6.04 Å². The largest absolute Gasteiger partial charge is 0.480 e. The van der Waals surface area contributed by atoms with Crippen molar-refractivity contribution in [3.8, 4) is 0 Å². The van der Waals surface area contributed by atoms with Gasteiger partial charge in [0.15, 0.2) is 0 Å². The van der Waals surface area contributed by atoms with Crippen molar-refractivity contribution in [3.63, 3.8) is 0 Å². The molecule has 3 amide bonds. The number of halogens is 2. The van der Waals surface area contributed by atoms with E-state index in [1.165, 1.54) is 0 Å². The molecular weight excluding hydrogens is 577 g/mol. The number of rotatable bonds is 12. The van der Waals surface area contributed by atoms with Gasteiger partial charge in [0.05, 0.1) is 27.4 Å². The van der Waals surface area contributed by atoms with Crippen molar-refractivity contribution in [2.24, 2.45) is 5.41 Å². The summed E-state index contributed by atoms with van der Waals surface area (Å²) in [6, 6.07) is 19.8. The average Bonchev–Trinajstić information content (AvgIpc) is 3.44. The van der Waals surface area contributed by atoms with Crippen LogP contribution in [0.3, 0.4) is 0 Å². The molecule has 0 spiro atoms. The Morgan fingerprint density at radius 3 is 2.10 bits per heavy atom. The van der Waals surface area contributed by atoms with Crippen LogP contribution in [-0.2, 0) is 27.2 Å². The Morgan fingerprint density at radius 1 is 0.833 bits per heavy atom. The zero-order chi connectivity index (χ0) is 30.1. The number of aliphatic carboxylic acids is 1. The van der Waals surface area contributed by atoms with Crippen molar-refractivity contribution in [1.82, 2.24) is 10.6 Å². The maximum atomic E-state index is 13.4. The van der Waals surface area contributed by atoms with Gasteiger partial charge in [0.25, 0.3) is 5.91 Å². The van der Waals surface area contributed by atoms with E-state index < -0.39 is 23.3 Å². The highest BCUT2D eigenvalue weighted by Gasteiger charge is 2.42. The summed E-state index contributed by atoms with van der Waals surface area (Å²) >= 11 is 12.2. The minimum absolute atomic E-state index is 0.0650. The van der Waals surface area contributed by atoms with Crippen molar-refractivity contribution in [2.75, 3.05) is 11.9 Å². The Bertz CT molecular complexity index is 1400. The molecule has 1 aliphatic carbocycles. The second-order valence-corrected chi connectivity index (χ2v) is 11.4. The maximum absolute atomic E-state index is 13.4. The van der Waals surface area contributed by atoms with Gasteiger partial charge in [-0.3, -0.25) is 14.4 Å². The Hall–Kier alpha value is -3.88. The number of carboxylic acids is 1. The number of amides is 3. The number of hydrogen-bond acceptors (Lipinski definition) is 4. The third-order valence-electron chi connectivity index (χ3n) is 7.62. The third kappa shape index (κ3) is 8.11. The number of anilines is 1. The third-order valence-corrected chi connectivity index (χ3v) is 8.25. The van der Waals surface area contributed by atoms with Crippen LogP contribution in [0.15, 0.2) is 72.8 Å². The van der Waals surface area contributed by atoms with Gasteiger partial charge in [-0.05, 0) is 54.7 Å². The lowest BCUT2D eigenvalue weighted by Crippen LogP contribution is -2.49. The molecule has 42 heavy (non-hydrogen) atoms. The van der Waals surface area contributed by atoms with Crippen LogP contribution in [-0.4, -0.2) is 41.4 Å². The van der Waals surface area contributed by atoms with E-state index in [0.29, 0.717) is 37.1 Å². The predicted molar refractivity (Wildman–Crippen MR) is 163 cm³/mol. The van der Waals surface area contributed by atoms with Crippen LogP contribution in [0.5, 0.6) is 0 Å². The average molecular weight is 611 g/mol. The van der Waals surface area contributed by atoms with E-state index in [1.807, 2.05) is 30.3 Å². The molecule has 4 N–H and O–H groups in total. The summed E-state index contributed by atoms with van der Waals surface area (Å²) in [5.74, 6) is -2.02. The minimum atomic E-state index is -1.14. The summed E-state index contributed by atoms with van der Waals surface area (Å²) in [6.45, 7) is 0.337. The quantitative estimate of drug-likeness (QED) is 0.211. The lowest BCUT2D eigenvalue weighted by atomic mass is 9.81. The lowest BCUT2D eigenvalue weighted by Gasteiger charge is -2.29. The molecule has 0 aromatic heterocycles. The molecule has 0 radical (unpaired) electrons. The van der Waals surface area contributed by atoms with Crippen LogP contribution in [0.4, 0.5) is 5.69 Å². The van der Waals surface area contributed by atoms with Gasteiger partial charge < -0.3 is 21.1 Å². The van der Waals surface area contributed by atoms with Gasteiger partial charge in [-0.1, -0.05) is 84.6 Å². The summed E-state index contributed by atoms with van der Waals surface area (Å²) in [7, 11) is 0. The van der Waals surface area contributed by atoms with E-state index in [9.17, 15) is 24.3 Å². The molecule has 3 aromatic carbocycles. The number of benzene rings is 3. The number of carbonyl (C=O) groups excluding carboxylic acids is 3. The highest BCUT2D eigenvalue weighted by Crippen LogP contribution is 2.41. The second-order valence-electron chi connectivity index (χ2n) is 10.6. The molecule has 8 nitrogen and oxygen atoms in total. The Morgan fingerprint density at radius 2 is 1.48 bits per heavy atom. The smallest absolute Gasteiger partial charge is 0.326 e. The van der Waals surface area contributed by atoms with Gasteiger partial charge in [0, 0.05) is 18.7 Å². The number of carboxylic acid groups (broad SMARTS) is 1. The van der Waals surface area contributed by atoms with E-state index >= 15 is 0 Å². The fraction of sp³-hybridized carbons (Fsp3) is 0.312. The summed E-state index contributed by atoms with van der Waals surface area (Å²) in [4.78, 5) is 50.6. The van der Waals surface area contributed by atoms with E-state index in [0.717, 1.165) is 18.4 Å². The molecule has 0 saturated heterocycles.